The second-order valence-electron chi connectivity index (χ2n) is 7.22. The summed E-state index contributed by atoms with van der Waals surface area (Å²) in [4.78, 5) is 9.99. The molecule has 0 spiro atoms. The van der Waals surface area contributed by atoms with Gasteiger partial charge in [-0.15, -0.1) is 11.3 Å². The fourth-order valence-electron chi connectivity index (χ4n) is 3.26. The SMILES string of the molecule is COc1c(N=C(c2ccccc2)c2ccccc2)csc1S(=O)(=O)N(C)C1=NOC(C)=CC1. The van der Waals surface area contributed by atoms with Gasteiger partial charge in [-0.1, -0.05) is 65.8 Å². The third-order valence-corrected chi connectivity index (χ3v) is 8.30. The van der Waals surface area contributed by atoms with Crippen LogP contribution in [0, 0.1) is 0 Å². The number of sulfonamides is 1. The Morgan fingerprint density at radius 3 is 2.21 bits per heavy atom. The van der Waals surface area contributed by atoms with Crippen LogP contribution >= 0.6 is 11.3 Å². The van der Waals surface area contributed by atoms with Crippen LogP contribution in [0.2, 0.25) is 0 Å². The lowest BCUT2D eigenvalue weighted by atomic mass is 10.0. The lowest BCUT2D eigenvalue weighted by Crippen LogP contribution is -2.33. The van der Waals surface area contributed by atoms with Gasteiger partial charge in [-0.25, -0.2) is 13.4 Å². The van der Waals surface area contributed by atoms with Crippen LogP contribution in [0.25, 0.3) is 0 Å². The predicted molar refractivity (Wildman–Crippen MR) is 131 cm³/mol. The van der Waals surface area contributed by atoms with Gasteiger partial charge in [0.1, 0.15) is 11.4 Å². The molecule has 0 N–H and O–H groups in total. The van der Waals surface area contributed by atoms with Crippen molar-refractivity contribution in [1.29, 1.82) is 0 Å². The van der Waals surface area contributed by atoms with Crippen molar-refractivity contribution in [3.63, 3.8) is 0 Å². The molecule has 1 aliphatic heterocycles. The van der Waals surface area contributed by atoms with Gasteiger partial charge in [0.05, 0.1) is 12.8 Å². The minimum atomic E-state index is -3.93. The van der Waals surface area contributed by atoms with Gasteiger partial charge in [-0.3, -0.25) is 4.31 Å². The van der Waals surface area contributed by atoms with Gasteiger partial charge in [-0.05, 0) is 13.0 Å². The fraction of sp³-hybridized carbons (Fsp3) is 0.167. The molecule has 0 radical (unpaired) electrons. The highest BCUT2D eigenvalue weighted by Crippen LogP contribution is 2.42. The maximum Gasteiger partial charge on any atom is 0.278 e. The number of methoxy groups -OCH3 is 1. The number of aliphatic imine (C=N–C) groups is 1. The van der Waals surface area contributed by atoms with Crippen molar-refractivity contribution in [2.75, 3.05) is 14.2 Å². The van der Waals surface area contributed by atoms with E-state index in [2.05, 4.69) is 5.16 Å². The van der Waals surface area contributed by atoms with E-state index in [-0.39, 0.29) is 15.8 Å². The second-order valence-corrected chi connectivity index (χ2v) is 10.3. The van der Waals surface area contributed by atoms with Crippen molar-refractivity contribution in [3.8, 4) is 5.75 Å². The third-order valence-electron chi connectivity index (χ3n) is 5.05. The number of hydrogen-bond acceptors (Lipinski definition) is 7. The molecular weight excluding hydrogens is 458 g/mol. The summed E-state index contributed by atoms with van der Waals surface area (Å²) in [6, 6.07) is 19.5. The molecule has 0 amide bonds. The minimum absolute atomic E-state index is 0.0562. The normalized spacial score (nSPS) is 13.4. The van der Waals surface area contributed by atoms with Gasteiger partial charge in [0.2, 0.25) is 0 Å². The predicted octanol–water partition coefficient (Wildman–Crippen LogP) is 5.18. The number of rotatable bonds is 6. The number of nitrogens with zero attached hydrogens (tertiary/aromatic N) is 3. The molecule has 9 heteroatoms. The molecule has 2 aromatic carbocycles. The highest BCUT2D eigenvalue weighted by Gasteiger charge is 2.32. The van der Waals surface area contributed by atoms with Crippen LogP contribution in [-0.2, 0) is 14.9 Å². The minimum Gasteiger partial charge on any atom is -0.492 e. The fourth-order valence-corrected chi connectivity index (χ4v) is 5.95. The molecule has 0 saturated carbocycles. The highest BCUT2D eigenvalue weighted by atomic mass is 32.2. The number of ether oxygens (including phenoxy) is 1. The average molecular weight is 482 g/mol. The average Bonchev–Trinajstić information content (AvgIpc) is 3.27. The van der Waals surface area contributed by atoms with Crippen LogP contribution in [0.3, 0.4) is 0 Å². The van der Waals surface area contributed by atoms with Crippen molar-refractivity contribution in [3.05, 3.63) is 89.0 Å². The molecule has 0 atom stereocenters. The standard InChI is InChI=1S/C24H23N3O4S2/c1-17-14-15-21(26-31-17)27(2)33(28,29)24-23(30-3)20(16-32-24)25-22(18-10-6-4-7-11-18)19-12-8-5-9-13-19/h4-14,16H,15H2,1-3H3. The van der Waals surface area contributed by atoms with Gasteiger partial charge in [0.15, 0.2) is 15.8 Å². The van der Waals surface area contributed by atoms with Crippen LogP contribution in [0.5, 0.6) is 5.75 Å². The summed E-state index contributed by atoms with van der Waals surface area (Å²) in [5, 5.41) is 5.61. The van der Waals surface area contributed by atoms with Gasteiger partial charge in [0, 0.05) is 30.0 Å². The van der Waals surface area contributed by atoms with Crippen LogP contribution in [0.4, 0.5) is 5.69 Å². The molecule has 1 aliphatic rings. The number of oxime groups is 1. The quantitative estimate of drug-likeness (QED) is 0.454. The molecule has 0 fully saturated rings. The van der Waals surface area contributed by atoms with Crippen LogP contribution in [0.15, 0.2) is 92.2 Å². The molecule has 170 valence electrons. The van der Waals surface area contributed by atoms with Crippen LogP contribution in [0.1, 0.15) is 24.5 Å². The first-order chi connectivity index (χ1) is 15.9. The van der Waals surface area contributed by atoms with Gasteiger partial charge in [0.25, 0.3) is 10.0 Å². The Morgan fingerprint density at radius 2 is 1.70 bits per heavy atom. The summed E-state index contributed by atoms with van der Waals surface area (Å²) in [5.41, 5.74) is 2.98. The zero-order valence-corrected chi connectivity index (χ0v) is 20.1. The first kappa shape index (κ1) is 22.8. The Bertz CT molecular complexity index is 1290. The first-order valence-electron chi connectivity index (χ1n) is 10.2. The van der Waals surface area contributed by atoms with E-state index in [1.807, 2.05) is 60.7 Å². The van der Waals surface area contributed by atoms with Crippen molar-refractivity contribution < 1.29 is 18.0 Å². The molecular formula is C24H23N3O4S2. The highest BCUT2D eigenvalue weighted by molar-refractivity contribution is 7.91. The second kappa shape index (κ2) is 9.60. The summed E-state index contributed by atoms with van der Waals surface area (Å²) in [7, 11) is -1.03. The summed E-state index contributed by atoms with van der Waals surface area (Å²) in [6.07, 6.45) is 2.13. The van der Waals surface area contributed by atoms with E-state index in [4.69, 9.17) is 14.6 Å². The van der Waals surface area contributed by atoms with E-state index in [9.17, 15) is 8.42 Å². The maximum absolute atomic E-state index is 13.4. The van der Waals surface area contributed by atoms with Crippen molar-refractivity contribution in [2.24, 2.45) is 10.1 Å². The Morgan fingerprint density at radius 1 is 1.09 bits per heavy atom. The monoisotopic (exact) mass is 481 g/mol. The van der Waals surface area contributed by atoms with Gasteiger partial charge in [-0.2, -0.15) is 0 Å². The Labute approximate surface area is 197 Å². The third kappa shape index (κ3) is 4.69. The van der Waals surface area contributed by atoms with E-state index in [0.717, 1.165) is 32.5 Å². The van der Waals surface area contributed by atoms with Crippen LogP contribution in [-0.4, -0.2) is 38.4 Å². The van der Waals surface area contributed by atoms with Crippen molar-refractivity contribution in [2.45, 2.75) is 17.6 Å². The largest absolute Gasteiger partial charge is 0.492 e. The van der Waals surface area contributed by atoms with E-state index >= 15 is 0 Å². The molecule has 7 nitrogen and oxygen atoms in total. The van der Waals surface area contributed by atoms with E-state index in [1.165, 1.54) is 14.2 Å². The topological polar surface area (TPSA) is 80.6 Å². The lowest BCUT2D eigenvalue weighted by molar-refractivity contribution is 0.218. The molecule has 0 unspecified atom stereocenters. The molecule has 3 aromatic rings. The Hall–Kier alpha value is -3.43. The molecule has 2 heterocycles. The van der Waals surface area contributed by atoms with E-state index in [0.29, 0.717) is 17.9 Å². The van der Waals surface area contributed by atoms with Gasteiger partial charge >= 0.3 is 0 Å². The molecule has 0 aliphatic carbocycles. The molecule has 0 bridgehead atoms. The molecule has 33 heavy (non-hydrogen) atoms. The number of hydrogen-bond donors (Lipinski definition) is 0. The maximum atomic E-state index is 13.4. The number of amidine groups is 1. The summed E-state index contributed by atoms with van der Waals surface area (Å²) in [6.45, 7) is 1.76. The number of allylic oxidation sites excluding steroid dienone is 1. The zero-order chi connectivity index (χ0) is 23.4. The molecule has 1 aromatic heterocycles. The Kier molecular flexibility index (Phi) is 6.62. The Balaban J connectivity index is 1.77. The summed E-state index contributed by atoms with van der Waals surface area (Å²) >= 11 is 1.06. The number of benzene rings is 2. The number of thiophene rings is 1. The molecule has 0 saturated heterocycles. The summed E-state index contributed by atoms with van der Waals surface area (Å²) < 4.78 is 33.5. The first-order valence-corrected chi connectivity index (χ1v) is 12.5. The van der Waals surface area contributed by atoms with Crippen LogP contribution < -0.4 is 4.74 Å². The van der Waals surface area contributed by atoms with Gasteiger partial charge < -0.3 is 9.57 Å². The van der Waals surface area contributed by atoms with E-state index < -0.39 is 10.0 Å². The zero-order valence-electron chi connectivity index (χ0n) is 18.4. The molecule has 4 rings (SSSR count). The summed E-state index contributed by atoms with van der Waals surface area (Å²) in [5.74, 6) is 1.11. The van der Waals surface area contributed by atoms with Crippen molar-refractivity contribution >= 4 is 38.6 Å². The van der Waals surface area contributed by atoms with E-state index in [1.54, 1.807) is 18.4 Å². The smallest absolute Gasteiger partial charge is 0.278 e. The lowest BCUT2D eigenvalue weighted by Gasteiger charge is -2.21. The van der Waals surface area contributed by atoms with Crippen molar-refractivity contribution in [1.82, 2.24) is 4.31 Å².